The molecule has 1 heterocycles. The maximum Gasteiger partial charge on any atom is 0.250 e. The lowest BCUT2D eigenvalue weighted by Gasteiger charge is -2.15. The molecule has 4 N–H and O–H groups in total. The zero-order valence-electron chi connectivity index (χ0n) is 6.22. The number of likely N-dealkylation sites (N-methyl/N-ethyl adjacent to an activating group) is 1. The SMILES string of the molecule is CNC(=O)C1=CC=CN[C]1N. The summed E-state index contributed by atoms with van der Waals surface area (Å²) in [6, 6.07) is 0. The molecule has 0 spiro atoms. The Bertz CT molecular complexity index is 220. The molecule has 4 nitrogen and oxygen atoms in total. The quantitative estimate of drug-likeness (QED) is 0.462. The first-order chi connectivity index (χ1) is 5.25. The number of nitrogens with one attached hydrogen (secondary N) is 2. The van der Waals surface area contributed by atoms with Gasteiger partial charge in [-0.25, -0.2) is 0 Å². The van der Waals surface area contributed by atoms with Gasteiger partial charge < -0.3 is 16.4 Å². The molecule has 0 aromatic carbocycles. The van der Waals surface area contributed by atoms with Crippen molar-refractivity contribution in [3.63, 3.8) is 0 Å². The number of hydrogen-bond acceptors (Lipinski definition) is 3. The van der Waals surface area contributed by atoms with Crippen LogP contribution in [-0.4, -0.2) is 13.0 Å². The number of carbonyl (C=O) groups excluding carboxylic acids is 1. The summed E-state index contributed by atoms with van der Waals surface area (Å²) in [5.41, 5.74) is 5.95. The van der Waals surface area contributed by atoms with Gasteiger partial charge in [0.05, 0.1) is 5.57 Å². The molecule has 0 atom stereocenters. The molecule has 0 unspecified atom stereocenters. The van der Waals surface area contributed by atoms with E-state index in [-0.39, 0.29) is 5.91 Å². The van der Waals surface area contributed by atoms with Crippen molar-refractivity contribution >= 4 is 5.91 Å². The number of dihydropyridines is 1. The van der Waals surface area contributed by atoms with Gasteiger partial charge in [0.2, 0.25) is 0 Å². The summed E-state index contributed by atoms with van der Waals surface area (Å²) in [4.78, 5) is 11.0. The van der Waals surface area contributed by atoms with Crippen molar-refractivity contribution in [1.29, 1.82) is 0 Å². The monoisotopic (exact) mass is 152 g/mol. The van der Waals surface area contributed by atoms with Gasteiger partial charge in [0.25, 0.3) is 5.91 Å². The van der Waals surface area contributed by atoms with E-state index >= 15 is 0 Å². The lowest BCUT2D eigenvalue weighted by Crippen LogP contribution is -2.35. The highest BCUT2D eigenvalue weighted by molar-refractivity contribution is 5.96. The minimum Gasteiger partial charge on any atom is -0.366 e. The van der Waals surface area contributed by atoms with Crippen LogP contribution < -0.4 is 16.4 Å². The van der Waals surface area contributed by atoms with Crippen LogP contribution in [0.2, 0.25) is 0 Å². The summed E-state index contributed by atoms with van der Waals surface area (Å²) in [5, 5.41) is 5.22. The van der Waals surface area contributed by atoms with E-state index in [4.69, 9.17) is 5.73 Å². The Kier molecular flexibility index (Phi) is 2.28. The Morgan fingerprint density at radius 1 is 1.73 bits per heavy atom. The van der Waals surface area contributed by atoms with Crippen molar-refractivity contribution in [2.75, 3.05) is 7.05 Å². The summed E-state index contributed by atoms with van der Waals surface area (Å²) in [5.74, 6) is -0.181. The van der Waals surface area contributed by atoms with Crippen LogP contribution in [0.3, 0.4) is 0 Å². The predicted molar refractivity (Wildman–Crippen MR) is 41.9 cm³/mol. The van der Waals surface area contributed by atoms with Crippen LogP contribution >= 0.6 is 0 Å². The molecule has 1 amide bonds. The molecule has 0 saturated heterocycles. The van der Waals surface area contributed by atoms with Gasteiger partial charge in [-0.15, -0.1) is 0 Å². The molecule has 4 heteroatoms. The maximum atomic E-state index is 11.0. The smallest absolute Gasteiger partial charge is 0.250 e. The van der Waals surface area contributed by atoms with E-state index in [9.17, 15) is 4.79 Å². The van der Waals surface area contributed by atoms with Gasteiger partial charge in [-0.2, -0.15) is 0 Å². The second-order valence-electron chi connectivity index (χ2n) is 2.08. The average molecular weight is 152 g/mol. The number of carbonyl (C=O) groups is 1. The molecule has 59 valence electrons. The molecule has 0 aromatic heterocycles. The third kappa shape index (κ3) is 1.59. The zero-order chi connectivity index (χ0) is 8.27. The summed E-state index contributed by atoms with van der Waals surface area (Å²) in [6.07, 6.45) is 5.43. The highest BCUT2D eigenvalue weighted by atomic mass is 16.1. The van der Waals surface area contributed by atoms with E-state index in [1.54, 1.807) is 25.4 Å². The largest absolute Gasteiger partial charge is 0.366 e. The molecular weight excluding hydrogens is 142 g/mol. The van der Waals surface area contributed by atoms with Crippen LogP contribution in [-0.2, 0) is 4.79 Å². The van der Waals surface area contributed by atoms with Gasteiger partial charge in [0.1, 0.15) is 0 Å². The number of hydrogen-bond donors (Lipinski definition) is 3. The van der Waals surface area contributed by atoms with Crippen molar-refractivity contribution in [3.8, 4) is 0 Å². The predicted octanol–water partition coefficient (Wildman–Crippen LogP) is -0.776. The van der Waals surface area contributed by atoms with Crippen LogP contribution in [0.5, 0.6) is 0 Å². The lowest BCUT2D eigenvalue weighted by molar-refractivity contribution is -0.117. The van der Waals surface area contributed by atoms with Crippen molar-refractivity contribution in [2.45, 2.75) is 0 Å². The molecular formula is C7H10N3O. The van der Waals surface area contributed by atoms with Crippen molar-refractivity contribution in [1.82, 2.24) is 10.6 Å². The Balaban J connectivity index is 2.75. The van der Waals surface area contributed by atoms with Crippen LogP contribution in [0, 0.1) is 6.17 Å². The zero-order valence-corrected chi connectivity index (χ0v) is 6.22. The average Bonchev–Trinajstić information content (AvgIpc) is 2.04. The van der Waals surface area contributed by atoms with E-state index in [0.29, 0.717) is 11.7 Å². The molecule has 1 rings (SSSR count). The van der Waals surface area contributed by atoms with Gasteiger partial charge >= 0.3 is 0 Å². The van der Waals surface area contributed by atoms with Crippen molar-refractivity contribution < 1.29 is 4.79 Å². The van der Waals surface area contributed by atoms with Gasteiger partial charge in [-0.1, -0.05) is 0 Å². The number of allylic oxidation sites excluding steroid dienone is 2. The van der Waals surface area contributed by atoms with Crippen LogP contribution in [0.1, 0.15) is 0 Å². The Labute approximate surface area is 65.1 Å². The second kappa shape index (κ2) is 3.21. The second-order valence-corrected chi connectivity index (χ2v) is 2.08. The van der Waals surface area contributed by atoms with Crippen molar-refractivity contribution in [3.05, 3.63) is 30.1 Å². The van der Waals surface area contributed by atoms with E-state index in [2.05, 4.69) is 10.6 Å². The highest BCUT2D eigenvalue weighted by Crippen LogP contribution is 2.07. The van der Waals surface area contributed by atoms with E-state index < -0.39 is 0 Å². The summed E-state index contributed by atoms with van der Waals surface area (Å²) < 4.78 is 0. The number of nitrogens with two attached hydrogens (primary N) is 1. The third-order valence-corrected chi connectivity index (χ3v) is 1.36. The molecule has 1 radical (unpaired) electrons. The van der Waals surface area contributed by atoms with E-state index in [1.165, 1.54) is 0 Å². The molecule has 1 aliphatic heterocycles. The summed E-state index contributed by atoms with van der Waals surface area (Å²) in [7, 11) is 1.56. The third-order valence-electron chi connectivity index (χ3n) is 1.36. The van der Waals surface area contributed by atoms with E-state index in [1.807, 2.05) is 0 Å². The first-order valence-electron chi connectivity index (χ1n) is 3.24. The van der Waals surface area contributed by atoms with Gasteiger partial charge in [-0.3, -0.25) is 4.79 Å². The molecule has 0 aliphatic carbocycles. The standard InChI is InChI=1S/C7H10N3O/c1-9-7(11)5-3-2-4-10-6(5)8/h2-4,10H,8H2,1H3,(H,9,11). The molecule has 1 aliphatic rings. The molecule has 0 aromatic rings. The number of amides is 1. The fourth-order valence-electron chi connectivity index (χ4n) is 0.782. The van der Waals surface area contributed by atoms with Crippen LogP contribution in [0.25, 0.3) is 0 Å². The molecule has 0 bridgehead atoms. The van der Waals surface area contributed by atoms with Gasteiger partial charge in [0.15, 0.2) is 6.17 Å². The number of rotatable bonds is 1. The van der Waals surface area contributed by atoms with Crippen molar-refractivity contribution in [2.24, 2.45) is 5.73 Å². The Hall–Kier alpha value is -1.29. The molecule has 0 fully saturated rings. The van der Waals surface area contributed by atoms with Gasteiger partial charge in [-0.05, 0) is 18.4 Å². The normalized spacial score (nSPS) is 17.1. The minimum atomic E-state index is -0.181. The Morgan fingerprint density at radius 2 is 2.45 bits per heavy atom. The topological polar surface area (TPSA) is 67.2 Å². The van der Waals surface area contributed by atoms with Crippen LogP contribution in [0.15, 0.2) is 23.9 Å². The van der Waals surface area contributed by atoms with Gasteiger partial charge in [0, 0.05) is 7.05 Å². The maximum absolute atomic E-state index is 11.0. The summed E-state index contributed by atoms with van der Waals surface area (Å²) >= 11 is 0. The Morgan fingerprint density at radius 3 is 3.00 bits per heavy atom. The fourth-order valence-corrected chi connectivity index (χ4v) is 0.782. The minimum absolute atomic E-state index is 0.181. The highest BCUT2D eigenvalue weighted by Gasteiger charge is 2.16. The lowest BCUT2D eigenvalue weighted by atomic mass is 10.1. The van der Waals surface area contributed by atoms with Crippen LogP contribution in [0.4, 0.5) is 0 Å². The first-order valence-corrected chi connectivity index (χ1v) is 3.24. The molecule has 11 heavy (non-hydrogen) atoms. The summed E-state index contributed by atoms with van der Waals surface area (Å²) in [6.45, 7) is 0. The first kappa shape index (κ1) is 7.81. The fraction of sp³-hybridized carbons (Fsp3) is 0.143. The molecule has 0 saturated carbocycles. The van der Waals surface area contributed by atoms with E-state index in [0.717, 1.165) is 0 Å².